The zero-order valence-corrected chi connectivity index (χ0v) is 9.52. The number of aromatic nitrogens is 1. The molecule has 0 atom stereocenters. The average Bonchev–Trinajstić information content (AvgIpc) is 2.90. The van der Waals surface area contributed by atoms with Gasteiger partial charge < -0.3 is 10.3 Å². The number of nitrogens with zero attached hydrogens (tertiary/aromatic N) is 1. The second-order valence-electron chi connectivity index (χ2n) is 4.90. The van der Waals surface area contributed by atoms with Gasteiger partial charge in [-0.1, -0.05) is 25.0 Å². The fourth-order valence-electron chi connectivity index (χ4n) is 2.91. The highest BCUT2D eigenvalue weighted by atomic mass is 15.0. The summed E-state index contributed by atoms with van der Waals surface area (Å²) in [5.41, 5.74) is 8.18. The Morgan fingerprint density at radius 1 is 1.19 bits per heavy atom. The first-order valence-corrected chi connectivity index (χ1v) is 6.18. The van der Waals surface area contributed by atoms with Crippen LogP contribution in [-0.4, -0.2) is 4.57 Å². The SMILES string of the molecule is Nc1cccc2ccn(CC3CCCC3)c12. The molecule has 1 saturated carbocycles. The van der Waals surface area contributed by atoms with Crippen molar-refractivity contribution in [3.05, 3.63) is 30.5 Å². The van der Waals surface area contributed by atoms with Gasteiger partial charge in [0.1, 0.15) is 0 Å². The minimum atomic E-state index is 0.857. The normalized spacial score (nSPS) is 17.2. The predicted octanol–water partition coefficient (Wildman–Crippen LogP) is 3.41. The molecule has 84 valence electrons. The van der Waals surface area contributed by atoms with E-state index in [1.54, 1.807) is 0 Å². The second-order valence-corrected chi connectivity index (χ2v) is 4.90. The summed E-state index contributed by atoms with van der Waals surface area (Å²) in [6.07, 6.45) is 7.75. The van der Waals surface area contributed by atoms with E-state index in [0.29, 0.717) is 0 Å². The molecule has 2 N–H and O–H groups in total. The van der Waals surface area contributed by atoms with E-state index in [1.807, 2.05) is 12.1 Å². The molecule has 0 radical (unpaired) electrons. The summed E-state index contributed by atoms with van der Waals surface area (Å²) in [6, 6.07) is 8.32. The van der Waals surface area contributed by atoms with E-state index >= 15 is 0 Å². The van der Waals surface area contributed by atoms with Crippen molar-refractivity contribution in [2.75, 3.05) is 5.73 Å². The van der Waals surface area contributed by atoms with Crippen LogP contribution < -0.4 is 5.73 Å². The molecule has 1 aromatic heterocycles. The highest BCUT2D eigenvalue weighted by molar-refractivity contribution is 5.90. The molecule has 0 aliphatic heterocycles. The molecule has 2 nitrogen and oxygen atoms in total. The van der Waals surface area contributed by atoms with Gasteiger partial charge in [0.05, 0.1) is 11.2 Å². The smallest absolute Gasteiger partial charge is 0.0713 e. The van der Waals surface area contributed by atoms with Crippen molar-refractivity contribution >= 4 is 16.6 Å². The van der Waals surface area contributed by atoms with Gasteiger partial charge >= 0.3 is 0 Å². The monoisotopic (exact) mass is 214 g/mol. The van der Waals surface area contributed by atoms with Gasteiger partial charge in [0.15, 0.2) is 0 Å². The molecule has 16 heavy (non-hydrogen) atoms. The number of para-hydroxylation sites is 1. The van der Waals surface area contributed by atoms with Crippen LogP contribution in [0.25, 0.3) is 10.9 Å². The Balaban J connectivity index is 1.97. The third-order valence-corrected chi connectivity index (χ3v) is 3.75. The number of nitrogen functional groups attached to an aromatic ring is 1. The first kappa shape index (κ1) is 9.76. The van der Waals surface area contributed by atoms with E-state index < -0.39 is 0 Å². The lowest BCUT2D eigenvalue weighted by Gasteiger charge is -2.12. The van der Waals surface area contributed by atoms with Gasteiger partial charge in [0.2, 0.25) is 0 Å². The van der Waals surface area contributed by atoms with Crippen molar-refractivity contribution < 1.29 is 0 Å². The Kier molecular flexibility index (Phi) is 2.35. The van der Waals surface area contributed by atoms with E-state index in [4.69, 9.17) is 5.73 Å². The second kappa shape index (κ2) is 3.85. The molecule has 3 rings (SSSR count). The summed E-state index contributed by atoms with van der Waals surface area (Å²) in [7, 11) is 0. The molecule has 1 aliphatic carbocycles. The summed E-state index contributed by atoms with van der Waals surface area (Å²) in [6.45, 7) is 1.14. The van der Waals surface area contributed by atoms with Gasteiger partial charge in [-0.2, -0.15) is 0 Å². The Hall–Kier alpha value is -1.44. The molecule has 0 saturated heterocycles. The average molecular weight is 214 g/mol. The lowest BCUT2D eigenvalue weighted by Crippen LogP contribution is -2.06. The van der Waals surface area contributed by atoms with Crippen molar-refractivity contribution in [1.29, 1.82) is 0 Å². The van der Waals surface area contributed by atoms with Gasteiger partial charge in [-0.25, -0.2) is 0 Å². The first-order valence-electron chi connectivity index (χ1n) is 6.18. The molecule has 2 heteroatoms. The summed E-state index contributed by atoms with van der Waals surface area (Å²) in [5, 5.41) is 1.26. The van der Waals surface area contributed by atoms with Crippen LogP contribution in [0.3, 0.4) is 0 Å². The molecule has 0 amide bonds. The molecular formula is C14H18N2. The quantitative estimate of drug-likeness (QED) is 0.763. The number of rotatable bonds is 2. The van der Waals surface area contributed by atoms with Gasteiger partial charge in [-0.05, 0) is 30.9 Å². The molecular weight excluding hydrogens is 196 g/mol. The van der Waals surface area contributed by atoms with Crippen molar-refractivity contribution in [1.82, 2.24) is 4.57 Å². The van der Waals surface area contributed by atoms with Gasteiger partial charge in [-0.3, -0.25) is 0 Å². The fraction of sp³-hybridized carbons (Fsp3) is 0.429. The van der Waals surface area contributed by atoms with Gasteiger partial charge in [0, 0.05) is 18.1 Å². The lowest BCUT2D eigenvalue weighted by atomic mass is 10.1. The fourth-order valence-corrected chi connectivity index (χ4v) is 2.91. The number of fused-ring (bicyclic) bond motifs is 1. The highest BCUT2D eigenvalue weighted by Crippen LogP contribution is 2.29. The number of anilines is 1. The van der Waals surface area contributed by atoms with Crippen molar-refractivity contribution in [2.24, 2.45) is 5.92 Å². The number of hydrogen-bond donors (Lipinski definition) is 1. The zero-order valence-electron chi connectivity index (χ0n) is 9.52. The van der Waals surface area contributed by atoms with Gasteiger partial charge in [0.25, 0.3) is 0 Å². The third kappa shape index (κ3) is 1.58. The number of benzene rings is 1. The Bertz CT molecular complexity index is 492. The Morgan fingerprint density at radius 2 is 2.00 bits per heavy atom. The minimum absolute atomic E-state index is 0.857. The third-order valence-electron chi connectivity index (χ3n) is 3.75. The maximum atomic E-state index is 6.05. The highest BCUT2D eigenvalue weighted by Gasteiger charge is 2.16. The van der Waals surface area contributed by atoms with Crippen LogP contribution in [0, 0.1) is 5.92 Å². The van der Waals surface area contributed by atoms with E-state index in [9.17, 15) is 0 Å². The molecule has 2 aromatic rings. The van der Waals surface area contributed by atoms with Crippen LogP contribution in [0.4, 0.5) is 5.69 Å². The maximum Gasteiger partial charge on any atom is 0.0713 e. The summed E-state index contributed by atoms with van der Waals surface area (Å²) in [4.78, 5) is 0. The predicted molar refractivity (Wildman–Crippen MR) is 68.3 cm³/mol. The molecule has 1 aromatic carbocycles. The van der Waals surface area contributed by atoms with E-state index in [1.165, 1.54) is 36.6 Å². The van der Waals surface area contributed by atoms with Crippen molar-refractivity contribution in [3.8, 4) is 0 Å². The van der Waals surface area contributed by atoms with Crippen LogP contribution in [0.1, 0.15) is 25.7 Å². The molecule has 0 unspecified atom stereocenters. The van der Waals surface area contributed by atoms with Crippen molar-refractivity contribution in [2.45, 2.75) is 32.2 Å². The molecule has 1 aliphatic rings. The lowest BCUT2D eigenvalue weighted by molar-refractivity contribution is 0.466. The molecule has 0 bridgehead atoms. The first-order chi connectivity index (χ1) is 7.84. The van der Waals surface area contributed by atoms with Crippen molar-refractivity contribution in [3.63, 3.8) is 0 Å². The Labute approximate surface area is 96.1 Å². The largest absolute Gasteiger partial charge is 0.397 e. The molecule has 1 fully saturated rings. The van der Waals surface area contributed by atoms with Crippen LogP contribution in [-0.2, 0) is 6.54 Å². The van der Waals surface area contributed by atoms with Gasteiger partial charge in [-0.15, -0.1) is 0 Å². The Morgan fingerprint density at radius 3 is 2.81 bits per heavy atom. The molecule has 0 spiro atoms. The zero-order chi connectivity index (χ0) is 11.0. The topological polar surface area (TPSA) is 30.9 Å². The number of hydrogen-bond acceptors (Lipinski definition) is 1. The summed E-state index contributed by atoms with van der Waals surface area (Å²) in [5.74, 6) is 0.857. The standard InChI is InChI=1S/C14H18N2/c15-13-7-3-6-12-8-9-16(14(12)13)10-11-4-1-2-5-11/h3,6-9,11H,1-2,4-5,10,15H2. The molecule has 1 heterocycles. The summed E-state index contributed by atoms with van der Waals surface area (Å²) < 4.78 is 2.33. The summed E-state index contributed by atoms with van der Waals surface area (Å²) >= 11 is 0. The van der Waals surface area contributed by atoms with E-state index in [-0.39, 0.29) is 0 Å². The van der Waals surface area contributed by atoms with Crippen LogP contribution in [0.2, 0.25) is 0 Å². The van der Waals surface area contributed by atoms with E-state index in [0.717, 1.165) is 18.2 Å². The minimum Gasteiger partial charge on any atom is -0.397 e. The van der Waals surface area contributed by atoms with Crippen LogP contribution in [0.5, 0.6) is 0 Å². The number of nitrogens with two attached hydrogens (primary N) is 1. The maximum absolute atomic E-state index is 6.05. The van der Waals surface area contributed by atoms with E-state index in [2.05, 4.69) is 22.9 Å². The van der Waals surface area contributed by atoms with Crippen LogP contribution in [0.15, 0.2) is 30.5 Å². The van der Waals surface area contributed by atoms with Crippen LogP contribution >= 0.6 is 0 Å².